The van der Waals surface area contributed by atoms with E-state index >= 15 is 0 Å². The summed E-state index contributed by atoms with van der Waals surface area (Å²) >= 11 is 0. The third-order valence-electron chi connectivity index (χ3n) is 3.67. The molecule has 1 saturated heterocycles. The van der Waals surface area contributed by atoms with Crippen LogP contribution >= 0.6 is 0 Å². The number of piperidine rings is 1. The van der Waals surface area contributed by atoms with Crippen LogP contribution in [0.5, 0.6) is 0 Å². The summed E-state index contributed by atoms with van der Waals surface area (Å²) in [6.45, 7) is 1.37. The Hall–Kier alpha value is -2.37. The normalized spacial score (nSPS) is 19.0. The molecule has 0 radical (unpaired) electrons. The minimum Gasteiger partial charge on any atom is -0.337 e. The van der Waals surface area contributed by atoms with Gasteiger partial charge < -0.3 is 9.88 Å². The van der Waals surface area contributed by atoms with E-state index in [1.54, 1.807) is 23.2 Å². The van der Waals surface area contributed by atoms with E-state index in [0.717, 1.165) is 25.1 Å². The number of nitrogens with zero attached hydrogens (tertiary/aromatic N) is 2. The number of rotatable bonds is 2. The van der Waals surface area contributed by atoms with Gasteiger partial charge in [0.05, 0.1) is 0 Å². The number of pyridine rings is 1. The van der Waals surface area contributed by atoms with Crippen LogP contribution < -0.4 is 5.56 Å². The van der Waals surface area contributed by atoms with E-state index in [4.69, 9.17) is 0 Å². The molecule has 6 heteroatoms. The maximum absolute atomic E-state index is 12.4. The first kappa shape index (κ1) is 12.7. The zero-order chi connectivity index (χ0) is 13.9. The van der Waals surface area contributed by atoms with Crippen molar-refractivity contribution in [3.63, 3.8) is 0 Å². The zero-order valence-electron chi connectivity index (χ0n) is 11.0. The van der Waals surface area contributed by atoms with E-state index in [2.05, 4.69) is 15.2 Å². The van der Waals surface area contributed by atoms with Gasteiger partial charge in [-0.3, -0.25) is 14.7 Å². The van der Waals surface area contributed by atoms with Gasteiger partial charge in [-0.15, -0.1) is 0 Å². The Bertz CT molecular complexity index is 647. The Morgan fingerprint density at radius 3 is 3.00 bits per heavy atom. The topological polar surface area (TPSA) is 81.8 Å². The number of hydrogen-bond donors (Lipinski definition) is 2. The number of aromatic nitrogens is 3. The molecule has 2 aromatic rings. The molecule has 6 nitrogen and oxygen atoms in total. The van der Waals surface area contributed by atoms with Crippen LogP contribution in [-0.2, 0) is 0 Å². The molecule has 0 unspecified atom stereocenters. The van der Waals surface area contributed by atoms with Gasteiger partial charge in [0.25, 0.3) is 5.91 Å². The predicted molar refractivity (Wildman–Crippen MR) is 73.5 cm³/mol. The SMILES string of the molecule is O=C(c1cccc(=O)[nH]1)N1CCC[C@H](c2ccn[nH]2)C1. The number of nitrogens with one attached hydrogen (secondary N) is 2. The van der Waals surface area contributed by atoms with E-state index in [0.29, 0.717) is 12.2 Å². The summed E-state index contributed by atoms with van der Waals surface area (Å²) in [6.07, 6.45) is 3.72. The van der Waals surface area contributed by atoms with Gasteiger partial charge in [-0.2, -0.15) is 5.10 Å². The molecule has 1 aliphatic heterocycles. The van der Waals surface area contributed by atoms with Crippen molar-refractivity contribution in [1.29, 1.82) is 0 Å². The van der Waals surface area contributed by atoms with E-state index < -0.39 is 0 Å². The number of amides is 1. The minimum absolute atomic E-state index is 0.119. The Balaban J connectivity index is 1.77. The molecule has 0 aromatic carbocycles. The lowest BCUT2D eigenvalue weighted by atomic mass is 9.95. The molecule has 1 amide bonds. The van der Waals surface area contributed by atoms with Crippen molar-refractivity contribution in [2.45, 2.75) is 18.8 Å². The molecule has 0 aliphatic carbocycles. The highest BCUT2D eigenvalue weighted by Gasteiger charge is 2.26. The van der Waals surface area contributed by atoms with Gasteiger partial charge in [-0.05, 0) is 25.0 Å². The number of carbonyl (C=O) groups excluding carboxylic acids is 1. The molecule has 1 aliphatic rings. The summed E-state index contributed by atoms with van der Waals surface area (Å²) in [5.41, 5.74) is 1.16. The van der Waals surface area contributed by atoms with E-state index in [9.17, 15) is 9.59 Å². The second-order valence-corrected chi connectivity index (χ2v) is 5.03. The average Bonchev–Trinajstić information content (AvgIpc) is 3.01. The van der Waals surface area contributed by atoms with Crippen LogP contribution in [0.2, 0.25) is 0 Å². The van der Waals surface area contributed by atoms with Crippen molar-refractivity contribution in [3.05, 3.63) is 52.2 Å². The van der Waals surface area contributed by atoms with E-state index in [1.807, 2.05) is 6.07 Å². The molecule has 20 heavy (non-hydrogen) atoms. The zero-order valence-corrected chi connectivity index (χ0v) is 11.0. The van der Waals surface area contributed by atoms with Crippen LogP contribution in [0.3, 0.4) is 0 Å². The van der Waals surface area contributed by atoms with Crippen molar-refractivity contribution >= 4 is 5.91 Å². The number of aromatic amines is 2. The van der Waals surface area contributed by atoms with Crippen molar-refractivity contribution in [2.24, 2.45) is 0 Å². The Morgan fingerprint density at radius 2 is 2.25 bits per heavy atom. The minimum atomic E-state index is -0.252. The summed E-state index contributed by atoms with van der Waals surface area (Å²) in [5.74, 6) is 0.164. The highest BCUT2D eigenvalue weighted by Crippen LogP contribution is 2.25. The number of carbonyl (C=O) groups is 1. The third kappa shape index (κ3) is 2.49. The maximum Gasteiger partial charge on any atom is 0.270 e. The van der Waals surface area contributed by atoms with Gasteiger partial charge >= 0.3 is 0 Å². The molecule has 104 valence electrons. The summed E-state index contributed by atoms with van der Waals surface area (Å²) in [5, 5.41) is 6.93. The molecule has 0 spiro atoms. The second kappa shape index (κ2) is 5.32. The fraction of sp³-hybridized carbons (Fsp3) is 0.357. The molecule has 0 bridgehead atoms. The van der Waals surface area contributed by atoms with Crippen molar-refractivity contribution in [2.75, 3.05) is 13.1 Å². The van der Waals surface area contributed by atoms with Crippen LogP contribution in [0.25, 0.3) is 0 Å². The smallest absolute Gasteiger partial charge is 0.270 e. The summed E-state index contributed by atoms with van der Waals surface area (Å²) in [4.78, 5) is 28.1. The molecule has 2 aromatic heterocycles. The van der Waals surface area contributed by atoms with Crippen LogP contribution in [0, 0.1) is 0 Å². The fourth-order valence-electron chi connectivity index (χ4n) is 2.65. The number of H-pyrrole nitrogens is 2. The molecule has 3 rings (SSSR count). The molecule has 3 heterocycles. The highest BCUT2D eigenvalue weighted by molar-refractivity contribution is 5.92. The Kier molecular flexibility index (Phi) is 3.37. The van der Waals surface area contributed by atoms with Gasteiger partial charge in [-0.1, -0.05) is 6.07 Å². The molecule has 0 saturated carbocycles. The van der Waals surface area contributed by atoms with Gasteiger partial charge in [0.2, 0.25) is 5.56 Å². The summed E-state index contributed by atoms with van der Waals surface area (Å²) in [6, 6.07) is 6.59. The van der Waals surface area contributed by atoms with Crippen molar-refractivity contribution in [3.8, 4) is 0 Å². The lowest BCUT2D eigenvalue weighted by Gasteiger charge is -2.32. The van der Waals surface area contributed by atoms with Gasteiger partial charge in [0, 0.05) is 37.0 Å². The number of hydrogen-bond acceptors (Lipinski definition) is 3. The number of likely N-dealkylation sites (tertiary alicyclic amines) is 1. The first-order valence-corrected chi connectivity index (χ1v) is 6.72. The van der Waals surface area contributed by atoms with Gasteiger partial charge in [-0.25, -0.2) is 0 Å². The van der Waals surface area contributed by atoms with Crippen LogP contribution in [-0.4, -0.2) is 39.1 Å². The monoisotopic (exact) mass is 272 g/mol. The van der Waals surface area contributed by atoms with Gasteiger partial charge in [0.1, 0.15) is 5.69 Å². The largest absolute Gasteiger partial charge is 0.337 e. The fourth-order valence-corrected chi connectivity index (χ4v) is 2.65. The average molecular weight is 272 g/mol. The molecule has 1 atom stereocenters. The van der Waals surface area contributed by atoms with Crippen molar-refractivity contribution in [1.82, 2.24) is 20.1 Å². The lowest BCUT2D eigenvalue weighted by molar-refractivity contribution is 0.0699. The first-order valence-electron chi connectivity index (χ1n) is 6.72. The summed E-state index contributed by atoms with van der Waals surface area (Å²) < 4.78 is 0. The molecular formula is C14H16N4O2. The Morgan fingerprint density at radius 1 is 1.35 bits per heavy atom. The van der Waals surface area contributed by atoms with Gasteiger partial charge in [0.15, 0.2) is 0 Å². The first-order chi connectivity index (χ1) is 9.74. The quantitative estimate of drug-likeness (QED) is 0.859. The molecule has 2 N–H and O–H groups in total. The standard InChI is InChI=1S/C14H16N4O2/c19-13-5-1-4-12(16-13)14(20)18-8-2-3-10(9-18)11-6-7-15-17-11/h1,4-7,10H,2-3,8-9H2,(H,15,17)(H,16,19)/t10-/m0/s1. The molecular weight excluding hydrogens is 256 g/mol. The van der Waals surface area contributed by atoms with Crippen molar-refractivity contribution < 1.29 is 4.79 Å². The molecule has 1 fully saturated rings. The van der Waals surface area contributed by atoms with E-state index in [-0.39, 0.29) is 17.4 Å². The highest BCUT2D eigenvalue weighted by atomic mass is 16.2. The van der Waals surface area contributed by atoms with Crippen LogP contribution in [0.15, 0.2) is 35.3 Å². The Labute approximate surface area is 115 Å². The van der Waals surface area contributed by atoms with E-state index in [1.165, 1.54) is 6.07 Å². The van der Waals surface area contributed by atoms with Crippen LogP contribution in [0.4, 0.5) is 0 Å². The lowest BCUT2D eigenvalue weighted by Crippen LogP contribution is -2.40. The second-order valence-electron chi connectivity index (χ2n) is 5.03. The maximum atomic E-state index is 12.4. The third-order valence-corrected chi connectivity index (χ3v) is 3.67. The predicted octanol–water partition coefficient (Wildman–Crippen LogP) is 1.12. The summed E-state index contributed by atoms with van der Waals surface area (Å²) in [7, 11) is 0. The van der Waals surface area contributed by atoms with Crippen LogP contribution in [0.1, 0.15) is 34.9 Å².